The number of fused-ring (bicyclic) bond motifs is 1. The van der Waals surface area contributed by atoms with Gasteiger partial charge in [-0.05, 0) is 18.1 Å². The molecule has 1 aromatic heterocycles. The molecule has 5 heteroatoms. The van der Waals surface area contributed by atoms with Crippen molar-refractivity contribution in [3.63, 3.8) is 0 Å². The minimum atomic E-state index is -0.228. The number of nitrogens with zero attached hydrogens (tertiary/aromatic N) is 2. The van der Waals surface area contributed by atoms with E-state index < -0.39 is 0 Å². The number of nitrogens with one attached hydrogen (secondary N) is 1. The normalized spacial score (nSPS) is 11.7. The van der Waals surface area contributed by atoms with Crippen LogP contribution in [0.5, 0.6) is 0 Å². The van der Waals surface area contributed by atoms with Gasteiger partial charge in [0.1, 0.15) is 6.54 Å². The molecule has 1 atom stereocenters. The molecule has 0 spiro atoms. The van der Waals surface area contributed by atoms with Crippen molar-refractivity contribution in [3.05, 3.63) is 76.2 Å². The summed E-state index contributed by atoms with van der Waals surface area (Å²) in [5.41, 5.74) is 1.37. The van der Waals surface area contributed by atoms with Gasteiger partial charge in [-0.1, -0.05) is 61.4 Å². The molecule has 0 saturated carbocycles. The number of terminal acetylenes is 1. The second-order valence-corrected chi connectivity index (χ2v) is 6.25. The lowest BCUT2D eigenvalue weighted by Crippen LogP contribution is -2.31. The van der Waals surface area contributed by atoms with Gasteiger partial charge in [-0.3, -0.25) is 9.59 Å². The van der Waals surface area contributed by atoms with Crippen molar-refractivity contribution in [1.82, 2.24) is 15.1 Å². The highest BCUT2D eigenvalue weighted by molar-refractivity contribution is 5.86. The van der Waals surface area contributed by atoms with Crippen LogP contribution >= 0.6 is 0 Å². The third-order valence-electron chi connectivity index (χ3n) is 4.54. The molecule has 1 heterocycles. The Kier molecular flexibility index (Phi) is 5.68. The number of amides is 1. The molecule has 0 fully saturated rings. The van der Waals surface area contributed by atoms with Crippen molar-refractivity contribution >= 4 is 16.7 Å². The van der Waals surface area contributed by atoms with E-state index in [-0.39, 0.29) is 30.5 Å². The zero-order chi connectivity index (χ0) is 19.2. The highest BCUT2D eigenvalue weighted by Crippen LogP contribution is 2.20. The van der Waals surface area contributed by atoms with E-state index in [1.165, 1.54) is 4.68 Å². The van der Waals surface area contributed by atoms with Crippen LogP contribution in [-0.4, -0.2) is 15.7 Å². The Bertz CT molecular complexity index is 1050. The van der Waals surface area contributed by atoms with Crippen LogP contribution in [-0.2, 0) is 17.9 Å². The van der Waals surface area contributed by atoms with Gasteiger partial charge in [-0.25, -0.2) is 4.68 Å². The number of rotatable bonds is 6. The maximum absolute atomic E-state index is 12.7. The molecule has 3 aromatic rings. The van der Waals surface area contributed by atoms with Crippen LogP contribution in [0.4, 0.5) is 0 Å². The molecule has 136 valence electrons. The number of carbonyl (C=O) groups is 1. The predicted octanol–water partition coefficient (Wildman–Crippen LogP) is 2.84. The van der Waals surface area contributed by atoms with Crippen LogP contribution in [0.3, 0.4) is 0 Å². The first-order valence-corrected chi connectivity index (χ1v) is 8.90. The molecular weight excluding hydrogens is 338 g/mol. The molecule has 0 aliphatic heterocycles. The fourth-order valence-corrected chi connectivity index (χ4v) is 3.18. The van der Waals surface area contributed by atoms with Crippen LogP contribution in [0.1, 0.15) is 30.5 Å². The Labute approximate surface area is 158 Å². The summed E-state index contributed by atoms with van der Waals surface area (Å²) in [6.07, 6.45) is 6.04. The molecule has 3 rings (SSSR count). The molecule has 2 aromatic carbocycles. The lowest BCUT2D eigenvalue weighted by molar-refractivity contribution is -0.122. The first-order chi connectivity index (χ1) is 13.2. The number of hydrogen-bond donors (Lipinski definition) is 1. The minimum absolute atomic E-state index is 0.0655. The van der Waals surface area contributed by atoms with E-state index in [9.17, 15) is 9.59 Å². The van der Waals surface area contributed by atoms with Gasteiger partial charge in [-0.15, -0.1) is 6.42 Å². The maximum atomic E-state index is 12.7. The van der Waals surface area contributed by atoms with Gasteiger partial charge in [0, 0.05) is 5.39 Å². The molecule has 5 nitrogen and oxygen atoms in total. The third-order valence-corrected chi connectivity index (χ3v) is 4.54. The Balaban J connectivity index is 1.88. The molecule has 27 heavy (non-hydrogen) atoms. The minimum Gasteiger partial charge on any atom is -0.350 e. The van der Waals surface area contributed by atoms with Gasteiger partial charge >= 0.3 is 0 Å². The molecular formula is C22H21N3O2. The summed E-state index contributed by atoms with van der Waals surface area (Å²) in [6.45, 7) is 2.30. The predicted molar refractivity (Wildman–Crippen MR) is 106 cm³/mol. The van der Waals surface area contributed by atoms with Crippen molar-refractivity contribution < 1.29 is 4.79 Å². The molecule has 0 saturated heterocycles. The lowest BCUT2D eigenvalue weighted by atomic mass is 9.95. The van der Waals surface area contributed by atoms with E-state index in [2.05, 4.69) is 16.3 Å². The van der Waals surface area contributed by atoms with Crippen molar-refractivity contribution in [3.8, 4) is 12.3 Å². The average Bonchev–Trinajstić information content (AvgIpc) is 2.71. The van der Waals surface area contributed by atoms with Crippen molar-refractivity contribution in [1.29, 1.82) is 0 Å². The van der Waals surface area contributed by atoms with Gasteiger partial charge in [0.25, 0.3) is 5.56 Å². The second kappa shape index (κ2) is 8.33. The van der Waals surface area contributed by atoms with E-state index >= 15 is 0 Å². The zero-order valence-corrected chi connectivity index (χ0v) is 15.2. The van der Waals surface area contributed by atoms with Crippen LogP contribution in [0, 0.1) is 12.3 Å². The number of carbonyl (C=O) groups excluding carboxylic acids is 1. The Morgan fingerprint density at radius 3 is 2.48 bits per heavy atom. The highest BCUT2D eigenvalue weighted by atomic mass is 16.2. The summed E-state index contributed by atoms with van der Waals surface area (Å²) in [5, 5.41) is 8.60. The van der Waals surface area contributed by atoms with Crippen molar-refractivity contribution in [2.75, 3.05) is 0 Å². The SMILES string of the molecule is C#CCn1nc(CNC(=O)C(CC)c2ccccc2)c2ccccc2c1=O. The van der Waals surface area contributed by atoms with Gasteiger partial charge in [0.05, 0.1) is 23.5 Å². The summed E-state index contributed by atoms with van der Waals surface area (Å²) in [6, 6.07) is 16.9. The molecule has 0 aliphatic rings. The van der Waals surface area contributed by atoms with Crippen LogP contribution in [0.2, 0.25) is 0 Å². The summed E-state index contributed by atoms with van der Waals surface area (Å²) < 4.78 is 1.26. The number of aromatic nitrogens is 2. The summed E-state index contributed by atoms with van der Waals surface area (Å²) in [5.74, 6) is 2.15. The topological polar surface area (TPSA) is 64.0 Å². The largest absolute Gasteiger partial charge is 0.350 e. The third kappa shape index (κ3) is 3.90. The fourth-order valence-electron chi connectivity index (χ4n) is 3.18. The van der Waals surface area contributed by atoms with Crippen molar-refractivity contribution in [2.24, 2.45) is 0 Å². The fraction of sp³-hybridized carbons (Fsp3) is 0.227. The number of hydrogen-bond acceptors (Lipinski definition) is 3. The van der Waals surface area contributed by atoms with Gasteiger partial charge < -0.3 is 5.32 Å². The van der Waals surface area contributed by atoms with E-state index in [0.717, 1.165) is 10.9 Å². The first kappa shape index (κ1) is 18.4. The van der Waals surface area contributed by atoms with Crippen LogP contribution in [0.25, 0.3) is 10.8 Å². The maximum Gasteiger partial charge on any atom is 0.275 e. The van der Waals surface area contributed by atoms with Gasteiger partial charge in [0.15, 0.2) is 0 Å². The Hall–Kier alpha value is -3.39. The average molecular weight is 359 g/mol. The Morgan fingerprint density at radius 1 is 1.15 bits per heavy atom. The number of benzene rings is 2. The molecule has 1 N–H and O–H groups in total. The molecule has 0 radical (unpaired) electrons. The van der Waals surface area contributed by atoms with E-state index in [1.54, 1.807) is 12.1 Å². The van der Waals surface area contributed by atoms with Gasteiger partial charge in [-0.2, -0.15) is 5.10 Å². The van der Waals surface area contributed by atoms with Crippen LogP contribution < -0.4 is 10.9 Å². The molecule has 1 unspecified atom stereocenters. The molecule has 0 aliphatic carbocycles. The standard InChI is InChI=1S/C22H21N3O2/c1-3-14-25-22(27)19-13-9-8-12-18(19)20(24-25)15-23-21(26)17(4-2)16-10-6-5-7-11-16/h1,5-13,17H,4,14-15H2,2H3,(H,23,26). The molecule has 0 bridgehead atoms. The van der Waals surface area contributed by atoms with E-state index in [4.69, 9.17) is 6.42 Å². The smallest absolute Gasteiger partial charge is 0.275 e. The summed E-state index contributed by atoms with van der Waals surface area (Å²) in [7, 11) is 0. The quantitative estimate of drug-likeness (QED) is 0.689. The van der Waals surface area contributed by atoms with Crippen molar-refractivity contribution in [2.45, 2.75) is 32.4 Å². The van der Waals surface area contributed by atoms with Gasteiger partial charge in [0.2, 0.25) is 5.91 Å². The summed E-state index contributed by atoms with van der Waals surface area (Å²) in [4.78, 5) is 25.2. The Morgan fingerprint density at radius 2 is 1.81 bits per heavy atom. The lowest BCUT2D eigenvalue weighted by Gasteiger charge is -2.16. The van der Waals surface area contributed by atoms with Crippen LogP contribution in [0.15, 0.2) is 59.4 Å². The highest BCUT2D eigenvalue weighted by Gasteiger charge is 2.19. The van der Waals surface area contributed by atoms with E-state index in [1.807, 2.05) is 49.4 Å². The molecule has 1 amide bonds. The van der Waals surface area contributed by atoms with E-state index in [0.29, 0.717) is 17.5 Å². The first-order valence-electron chi connectivity index (χ1n) is 8.90. The monoisotopic (exact) mass is 359 g/mol. The second-order valence-electron chi connectivity index (χ2n) is 6.25. The summed E-state index contributed by atoms with van der Waals surface area (Å²) >= 11 is 0. The zero-order valence-electron chi connectivity index (χ0n) is 15.2.